The minimum atomic E-state index is 0.00768. The van der Waals surface area contributed by atoms with Crippen molar-refractivity contribution in [1.82, 2.24) is 25.4 Å². The van der Waals surface area contributed by atoms with Crippen molar-refractivity contribution in [3.63, 3.8) is 0 Å². The minimum absolute atomic E-state index is 0.00768. The summed E-state index contributed by atoms with van der Waals surface area (Å²) in [4.78, 5) is 8.47. The third-order valence-electron chi connectivity index (χ3n) is 4.01. The third-order valence-corrected chi connectivity index (χ3v) is 4.01. The summed E-state index contributed by atoms with van der Waals surface area (Å²) >= 11 is 0. The van der Waals surface area contributed by atoms with Crippen LogP contribution in [0.3, 0.4) is 0 Å². The quantitative estimate of drug-likeness (QED) is 0.652. The van der Waals surface area contributed by atoms with Crippen molar-refractivity contribution < 1.29 is 0 Å². The molecule has 0 amide bonds. The SMILES string of the molecule is CN=C(NCc1ncnn1C)NCC(C)(C)c1ccccc1C. The second-order valence-electron chi connectivity index (χ2n) is 6.28. The van der Waals surface area contributed by atoms with Crippen LogP contribution in [0.15, 0.2) is 35.6 Å². The van der Waals surface area contributed by atoms with Crippen LogP contribution in [0.4, 0.5) is 0 Å². The molecule has 1 aromatic carbocycles. The van der Waals surface area contributed by atoms with Gasteiger partial charge in [0.15, 0.2) is 5.96 Å². The molecule has 1 aromatic heterocycles. The summed E-state index contributed by atoms with van der Waals surface area (Å²) in [6.45, 7) is 7.99. The summed E-state index contributed by atoms with van der Waals surface area (Å²) in [6, 6.07) is 8.50. The first-order chi connectivity index (χ1) is 10.9. The molecule has 1 heterocycles. The molecule has 0 bridgehead atoms. The lowest BCUT2D eigenvalue weighted by Crippen LogP contribution is -2.43. The molecule has 2 aromatic rings. The second-order valence-corrected chi connectivity index (χ2v) is 6.28. The fourth-order valence-corrected chi connectivity index (χ4v) is 2.60. The number of aliphatic imine (C=N–C) groups is 1. The Morgan fingerprint density at radius 1 is 1.26 bits per heavy atom. The Hall–Kier alpha value is -2.37. The highest BCUT2D eigenvalue weighted by Crippen LogP contribution is 2.25. The van der Waals surface area contributed by atoms with E-state index in [2.05, 4.69) is 70.7 Å². The van der Waals surface area contributed by atoms with Gasteiger partial charge in [0.1, 0.15) is 12.2 Å². The van der Waals surface area contributed by atoms with Gasteiger partial charge in [-0.3, -0.25) is 9.67 Å². The lowest BCUT2D eigenvalue weighted by molar-refractivity contribution is 0.505. The van der Waals surface area contributed by atoms with Gasteiger partial charge in [0, 0.05) is 26.1 Å². The normalized spacial score (nSPS) is 12.3. The zero-order chi connectivity index (χ0) is 16.9. The second kappa shape index (κ2) is 7.26. The summed E-state index contributed by atoms with van der Waals surface area (Å²) in [6.07, 6.45) is 1.55. The first-order valence-electron chi connectivity index (χ1n) is 7.77. The predicted molar refractivity (Wildman–Crippen MR) is 93.4 cm³/mol. The highest BCUT2D eigenvalue weighted by molar-refractivity contribution is 5.79. The Morgan fingerprint density at radius 2 is 2.00 bits per heavy atom. The van der Waals surface area contributed by atoms with Crippen LogP contribution < -0.4 is 10.6 Å². The van der Waals surface area contributed by atoms with Gasteiger partial charge in [-0.2, -0.15) is 5.10 Å². The van der Waals surface area contributed by atoms with Gasteiger partial charge < -0.3 is 10.6 Å². The van der Waals surface area contributed by atoms with Crippen molar-refractivity contribution in [3.05, 3.63) is 47.5 Å². The monoisotopic (exact) mass is 314 g/mol. The first-order valence-corrected chi connectivity index (χ1v) is 7.77. The van der Waals surface area contributed by atoms with Crippen LogP contribution in [0, 0.1) is 6.92 Å². The van der Waals surface area contributed by atoms with E-state index >= 15 is 0 Å². The fraction of sp³-hybridized carbons (Fsp3) is 0.471. The van der Waals surface area contributed by atoms with Gasteiger partial charge in [-0.25, -0.2) is 4.98 Å². The van der Waals surface area contributed by atoms with E-state index in [0.29, 0.717) is 6.54 Å². The van der Waals surface area contributed by atoms with Crippen molar-refractivity contribution in [2.45, 2.75) is 32.7 Å². The van der Waals surface area contributed by atoms with Gasteiger partial charge >= 0.3 is 0 Å². The maximum absolute atomic E-state index is 4.27. The minimum Gasteiger partial charge on any atom is -0.356 e. The molecule has 0 fully saturated rings. The molecule has 0 saturated heterocycles. The van der Waals surface area contributed by atoms with E-state index < -0.39 is 0 Å². The molecule has 2 N–H and O–H groups in total. The van der Waals surface area contributed by atoms with Gasteiger partial charge in [-0.05, 0) is 18.1 Å². The van der Waals surface area contributed by atoms with Crippen LogP contribution in [0.1, 0.15) is 30.8 Å². The molecule has 2 rings (SSSR count). The number of nitrogens with zero attached hydrogens (tertiary/aromatic N) is 4. The van der Waals surface area contributed by atoms with E-state index in [1.165, 1.54) is 11.1 Å². The first kappa shape index (κ1) is 17.0. The summed E-state index contributed by atoms with van der Waals surface area (Å²) in [5.74, 6) is 1.63. The molecule has 0 unspecified atom stereocenters. The van der Waals surface area contributed by atoms with Crippen molar-refractivity contribution in [2.24, 2.45) is 12.0 Å². The Bertz CT molecular complexity index is 671. The molecule has 0 spiro atoms. The fourth-order valence-electron chi connectivity index (χ4n) is 2.60. The molecule has 0 radical (unpaired) electrons. The zero-order valence-corrected chi connectivity index (χ0v) is 14.6. The van der Waals surface area contributed by atoms with Crippen molar-refractivity contribution in [1.29, 1.82) is 0 Å². The predicted octanol–water partition coefficient (Wildman–Crippen LogP) is 1.77. The number of nitrogens with one attached hydrogen (secondary N) is 2. The Morgan fingerprint density at radius 3 is 2.61 bits per heavy atom. The summed E-state index contributed by atoms with van der Waals surface area (Å²) in [5.41, 5.74) is 2.66. The smallest absolute Gasteiger partial charge is 0.191 e. The summed E-state index contributed by atoms with van der Waals surface area (Å²) in [7, 11) is 3.65. The van der Waals surface area contributed by atoms with E-state index in [0.717, 1.165) is 18.3 Å². The van der Waals surface area contributed by atoms with Gasteiger partial charge in [-0.1, -0.05) is 38.1 Å². The molecule has 0 aliphatic rings. The number of aromatic nitrogens is 3. The molecule has 6 nitrogen and oxygen atoms in total. The number of guanidine groups is 1. The third kappa shape index (κ3) is 4.31. The van der Waals surface area contributed by atoms with Crippen LogP contribution in [0.2, 0.25) is 0 Å². The number of aryl methyl sites for hydroxylation is 2. The van der Waals surface area contributed by atoms with E-state index in [1.807, 2.05) is 7.05 Å². The van der Waals surface area contributed by atoms with Crippen molar-refractivity contribution >= 4 is 5.96 Å². The summed E-state index contributed by atoms with van der Waals surface area (Å²) in [5, 5.41) is 10.7. The maximum Gasteiger partial charge on any atom is 0.191 e. The van der Waals surface area contributed by atoms with E-state index in [1.54, 1.807) is 18.1 Å². The largest absolute Gasteiger partial charge is 0.356 e. The number of benzene rings is 1. The summed E-state index contributed by atoms with van der Waals surface area (Å²) < 4.78 is 1.75. The van der Waals surface area contributed by atoms with Gasteiger partial charge in [0.25, 0.3) is 0 Å². The van der Waals surface area contributed by atoms with Gasteiger partial charge in [-0.15, -0.1) is 0 Å². The number of hydrogen-bond donors (Lipinski definition) is 2. The van der Waals surface area contributed by atoms with Crippen LogP contribution in [0.25, 0.3) is 0 Å². The Kier molecular flexibility index (Phi) is 5.36. The molecular weight excluding hydrogens is 288 g/mol. The number of hydrogen-bond acceptors (Lipinski definition) is 3. The highest BCUT2D eigenvalue weighted by Gasteiger charge is 2.22. The van der Waals surface area contributed by atoms with Gasteiger partial charge in [0.05, 0.1) is 6.54 Å². The van der Waals surface area contributed by atoms with Crippen molar-refractivity contribution in [2.75, 3.05) is 13.6 Å². The average Bonchev–Trinajstić information content (AvgIpc) is 2.93. The van der Waals surface area contributed by atoms with Crippen LogP contribution >= 0.6 is 0 Å². The topological polar surface area (TPSA) is 67.1 Å². The molecule has 124 valence electrons. The van der Waals surface area contributed by atoms with Crippen LogP contribution in [-0.2, 0) is 19.0 Å². The standard InChI is InChI=1S/C17H26N6/c1-13-8-6-7-9-14(13)17(2,3)11-20-16(18-4)19-10-15-21-12-22-23(15)5/h6-9,12H,10-11H2,1-5H3,(H2,18,19,20). The Labute approximate surface area is 138 Å². The average molecular weight is 314 g/mol. The molecule has 0 aliphatic carbocycles. The van der Waals surface area contributed by atoms with E-state index in [-0.39, 0.29) is 5.41 Å². The lowest BCUT2D eigenvalue weighted by Gasteiger charge is -2.28. The van der Waals surface area contributed by atoms with Crippen molar-refractivity contribution in [3.8, 4) is 0 Å². The highest BCUT2D eigenvalue weighted by atomic mass is 15.3. The lowest BCUT2D eigenvalue weighted by atomic mass is 9.82. The molecule has 0 saturated carbocycles. The number of rotatable bonds is 5. The molecule has 0 atom stereocenters. The zero-order valence-electron chi connectivity index (χ0n) is 14.6. The van der Waals surface area contributed by atoms with Crippen LogP contribution in [0.5, 0.6) is 0 Å². The maximum atomic E-state index is 4.27. The molecule has 0 aliphatic heterocycles. The molecule has 23 heavy (non-hydrogen) atoms. The Balaban J connectivity index is 1.95. The van der Waals surface area contributed by atoms with E-state index in [9.17, 15) is 0 Å². The van der Waals surface area contributed by atoms with Gasteiger partial charge in [0.2, 0.25) is 0 Å². The van der Waals surface area contributed by atoms with Crippen LogP contribution in [-0.4, -0.2) is 34.3 Å². The molecular formula is C17H26N6. The van der Waals surface area contributed by atoms with E-state index in [4.69, 9.17) is 0 Å². The molecule has 6 heteroatoms.